The Bertz CT molecular complexity index is 562. The van der Waals surface area contributed by atoms with Gasteiger partial charge in [-0.3, -0.25) is 0 Å². The number of hydrogen-bond donors (Lipinski definition) is 1. The van der Waals surface area contributed by atoms with Gasteiger partial charge in [-0.2, -0.15) is 0 Å². The lowest BCUT2D eigenvalue weighted by atomic mass is 10.0. The first-order valence-corrected chi connectivity index (χ1v) is 7.76. The molecule has 2 unspecified atom stereocenters. The fourth-order valence-corrected chi connectivity index (χ4v) is 3.78. The molecule has 1 heterocycles. The molecule has 0 radical (unpaired) electrons. The van der Waals surface area contributed by atoms with Crippen LogP contribution in [0.1, 0.15) is 46.8 Å². The molecule has 0 aliphatic rings. The first-order valence-electron chi connectivity index (χ1n) is 6.56. The average Bonchev–Trinajstić information content (AvgIpc) is 2.69. The Morgan fingerprint density at radius 2 is 1.68 bits per heavy atom. The lowest BCUT2D eigenvalue weighted by Gasteiger charge is -2.21. The van der Waals surface area contributed by atoms with E-state index >= 15 is 0 Å². The van der Waals surface area contributed by atoms with Gasteiger partial charge in [-0.15, -0.1) is 11.3 Å². The molecule has 102 valence electrons. The van der Waals surface area contributed by atoms with Gasteiger partial charge in [-0.05, 0) is 51.0 Å². The average molecular weight is 294 g/mol. The van der Waals surface area contributed by atoms with Gasteiger partial charge < -0.3 is 5.32 Å². The van der Waals surface area contributed by atoms with Gasteiger partial charge in [-0.25, -0.2) is 0 Å². The highest BCUT2D eigenvalue weighted by molar-refractivity contribution is 7.12. The molecule has 1 N–H and O–H groups in total. The Hall–Kier alpha value is -0.830. The molecule has 1 nitrogen and oxygen atoms in total. The van der Waals surface area contributed by atoms with Crippen molar-refractivity contribution in [1.29, 1.82) is 0 Å². The number of nitrogens with one attached hydrogen (secondary N) is 1. The van der Waals surface area contributed by atoms with Crippen LogP contribution in [0.25, 0.3) is 0 Å². The summed E-state index contributed by atoms with van der Waals surface area (Å²) in [5, 5.41) is 4.46. The minimum atomic E-state index is 0.239. The number of benzene rings is 1. The van der Waals surface area contributed by atoms with E-state index in [1.165, 1.54) is 15.3 Å². The summed E-state index contributed by atoms with van der Waals surface area (Å²) in [5.41, 5.74) is 2.54. The van der Waals surface area contributed by atoms with Crippen molar-refractivity contribution in [3.63, 3.8) is 0 Å². The van der Waals surface area contributed by atoms with Crippen LogP contribution in [-0.2, 0) is 0 Å². The lowest BCUT2D eigenvalue weighted by molar-refractivity contribution is 0.494. The van der Waals surface area contributed by atoms with Crippen LogP contribution in [0.5, 0.6) is 0 Å². The zero-order chi connectivity index (χ0) is 14.0. The van der Waals surface area contributed by atoms with Crippen LogP contribution in [0.2, 0.25) is 5.02 Å². The summed E-state index contributed by atoms with van der Waals surface area (Å²) in [4.78, 5) is 2.76. The second-order valence-corrected chi connectivity index (χ2v) is 6.87. The smallest absolute Gasteiger partial charge is 0.0453 e. The standard InChI is InChI=1S/C16H20ClNS/c1-10-9-15(13(4)19-10)12(3)18-11(2)14-7-5-6-8-16(14)17/h5-9,11-12,18H,1-4H3. The van der Waals surface area contributed by atoms with Gasteiger partial charge in [-0.1, -0.05) is 29.8 Å². The zero-order valence-corrected chi connectivity index (χ0v) is 13.4. The third-order valence-electron chi connectivity index (χ3n) is 3.42. The maximum atomic E-state index is 6.25. The SMILES string of the molecule is Cc1cc(C(C)NC(C)c2ccccc2Cl)c(C)s1. The highest BCUT2D eigenvalue weighted by Crippen LogP contribution is 2.29. The van der Waals surface area contributed by atoms with E-state index in [2.05, 4.69) is 45.1 Å². The normalized spacial score (nSPS) is 14.4. The lowest BCUT2D eigenvalue weighted by Crippen LogP contribution is -2.22. The Morgan fingerprint density at radius 3 is 2.26 bits per heavy atom. The summed E-state index contributed by atoms with van der Waals surface area (Å²) in [6.45, 7) is 8.71. The van der Waals surface area contributed by atoms with E-state index in [0.29, 0.717) is 6.04 Å². The van der Waals surface area contributed by atoms with Gasteiger partial charge in [0.15, 0.2) is 0 Å². The summed E-state index contributed by atoms with van der Waals surface area (Å²) in [5.74, 6) is 0. The fraction of sp³-hybridized carbons (Fsp3) is 0.375. The minimum absolute atomic E-state index is 0.239. The predicted molar refractivity (Wildman–Crippen MR) is 85.2 cm³/mol. The van der Waals surface area contributed by atoms with E-state index in [1.807, 2.05) is 29.5 Å². The molecule has 0 aliphatic heterocycles. The number of hydrogen-bond acceptors (Lipinski definition) is 2. The second-order valence-electron chi connectivity index (χ2n) is 5.00. The zero-order valence-electron chi connectivity index (χ0n) is 11.8. The van der Waals surface area contributed by atoms with Crippen molar-refractivity contribution in [2.75, 3.05) is 0 Å². The van der Waals surface area contributed by atoms with Crippen LogP contribution in [0.4, 0.5) is 0 Å². The topological polar surface area (TPSA) is 12.0 Å². The van der Waals surface area contributed by atoms with Crippen LogP contribution in [0.15, 0.2) is 30.3 Å². The van der Waals surface area contributed by atoms with E-state index in [0.717, 1.165) is 10.6 Å². The van der Waals surface area contributed by atoms with E-state index in [9.17, 15) is 0 Å². The quantitative estimate of drug-likeness (QED) is 0.792. The largest absolute Gasteiger partial charge is 0.304 e. The van der Waals surface area contributed by atoms with Crippen molar-refractivity contribution >= 4 is 22.9 Å². The summed E-state index contributed by atoms with van der Waals surface area (Å²) in [7, 11) is 0. The van der Waals surface area contributed by atoms with Crippen LogP contribution < -0.4 is 5.32 Å². The molecule has 0 saturated carbocycles. The van der Waals surface area contributed by atoms with Gasteiger partial charge in [0.05, 0.1) is 0 Å². The molecule has 19 heavy (non-hydrogen) atoms. The van der Waals surface area contributed by atoms with Crippen molar-refractivity contribution in [3.8, 4) is 0 Å². The second kappa shape index (κ2) is 6.08. The van der Waals surface area contributed by atoms with E-state index < -0.39 is 0 Å². The molecular weight excluding hydrogens is 274 g/mol. The first-order chi connectivity index (χ1) is 8.99. The third-order valence-corrected chi connectivity index (χ3v) is 4.74. The van der Waals surface area contributed by atoms with Crippen LogP contribution >= 0.6 is 22.9 Å². The van der Waals surface area contributed by atoms with Crippen molar-refractivity contribution < 1.29 is 0 Å². The number of thiophene rings is 1. The summed E-state index contributed by atoms with van der Waals surface area (Å²) in [6, 6.07) is 10.9. The van der Waals surface area contributed by atoms with E-state index in [1.54, 1.807) is 0 Å². The Labute approximate surface area is 124 Å². The number of rotatable bonds is 4. The Kier molecular flexibility index (Phi) is 4.67. The molecule has 0 aliphatic carbocycles. The molecule has 1 aromatic heterocycles. The Balaban J connectivity index is 2.13. The number of halogens is 1. The maximum Gasteiger partial charge on any atom is 0.0453 e. The molecule has 0 amide bonds. The molecular formula is C16H20ClNS. The molecule has 3 heteroatoms. The van der Waals surface area contributed by atoms with Gasteiger partial charge >= 0.3 is 0 Å². The van der Waals surface area contributed by atoms with Crippen molar-refractivity contribution in [2.24, 2.45) is 0 Å². The summed E-state index contributed by atoms with van der Waals surface area (Å²) < 4.78 is 0. The monoisotopic (exact) mass is 293 g/mol. The number of aryl methyl sites for hydroxylation is 2. The molecule has 2 atom stereocenters. The van der Waals surface area contributed by atoms with Gasteiger partial charge in [0.25, 0.3) is 0 Å². The summed E-state index contributed by atoms with van der Waals surface area (Å²) in [6.07, 6.45) is 0. The van der Waals surface area contributed by atoms with E-state index in [-0.39, 0.29) is 6.04 Å². The molecule has 2 rings (SSSR count). The molecule has 0 bridgehead atoms. The predicted octanol–water partition coefficient (Wildman–Crippen LogP) is 5.43. The molecule has 0 spiro atoms. The molecule has 2 aromatic rings. The highest BCUT2D eigenvalue weighted by Gasteiger charge is 2.15. The minimum Gasteiger partial charge on any atom is -0.304 e. The maximum absolute atomic E-state index is 6.25. The van der Waals surface area contributed by atoms with Gasteiger partial charge in [0, 0.05) is 26.9 Å². The molecule has 1 aromatic carbocycles. The van der Waals surface area contributed by atoms with Gasteiger partial charge in [0.2, 0.25) is 0 Å². The van der Waals surface area contributed by atoms with Crippen LogP contribution in [-0.4, -0.2) is 0 Å². The third kappa shape index (κ3) is 3.38. The van der Waals surface area contributed by atoms with Crippen molar-refractivity contribution in [3.05, 3.63) is 56.2 Å². The first kappa shape index (κ1) is 14.6. The van der Waals surface area contributed by atoms with Crippen LogP contribution in [0, 0.1) is 13.8 Å². The van der Waals surface area contributed by atoms with Gasteiger partial charge in [0.1, 0.15) is 0 Å². The molecule has 0 saturated heterocycles. The Morgan fingerprint density at radius 1 is 1.05 bits per heavy atom. The van der Waals surface area contributed by atoms with Crippen molar-refractivity contribution in [2.45, 2.75) is 39.8 Å². The summed E-state index contributed by atoms with van der Waals surface area (Å²) >= 11 is 8.10. The fourth-order valence-electron chi connectivity index (χ4n) is 2.46. The van der Waals surface area contributed by atoms with Crippen molar-refractivity contribution in [1.82, 2.24) is 5.32 Å². The highest BCUT2D eigenvalue weighted by atomic mass is 35.5. The van der Waals surface area contributed by atoms with E-state index in [4.69, 9.17) is 11.6 Å². The molecule has 0 fully saturated rings. The van der Waals surface area contributed by atoms with Crippen LogP contribution in [0.3, 0.4) is 0 Å².